The van der Waals surface area contributed by atoms with E-state index in [0.717, 1.165) is 49.8 Å². The monoisotopic (exact) mass is 366 g/mol. The van der Waals surface area contributed by atoms with Crippen LogP contribution in [0.15, 0.2) is 31.0 Å². The van der Waals surface area contributed by atoms with Crippen LogP contribution in [0, 0.1) is 5.92 Å². The lowest BCUT2D eigenvalue weighted by Gasteiger charge is -2.31. The maximum absolute atomic E-state index is 12.6. The highest BCUT2D eigenvalue weighted by atomic mass is 16.2. The van der Waals surface area contributed by atoms with Gasteiger partial charge in [0.15, 0.2) is 0 Å². The van der Waals surface area contributed by atoms with Gasteiger partial charge in [-0.2, -0.15) is 5.10 Å². The fourth-order valence-electron chi connectivity index (χ4n) is 5.04. The standard InChI is InChI=1S/C20H26N6O/c27-20(17-9-15-3-6-19(17)24-15)25-14-1-4-16(5-2-14)26-11-13(10-23-26)18-7-8-21-12-22-18/h7-8,10-12,14-17,19,24H,1-6,9H2,(H,25,27)/t14?,15-,16?,17+,19+/m1/s1. The van der Waals surface area contributed by atoms with Crippen molar-refractivity contribution in [3.63, 3.8) is 0 Å². The summed E-state index contributed by atoms with van der Waals surface area (Å²) < 4.78 is 2.06. The number of nitrogens with one attached hydrogen (secondary N) is 2. The summed E-state index contributed by atoms with van der Waals surface area (Å²) in [7, 11) is 0. The summed E-state index contributed by atoms with van der Waals surface area (Å²) in [6.07, 6.45) is 14.8. The average Bonchev–Trinajstić information content (AvgIpc) is 3.46. The molecule has 5 rings (SSSR count). The summed E-state index contributed by atoms with van der Waals surface area (Å²) >= 11 is 0. The molecule has 2 N–H and O–H groups in total. The van der Waals surface area contributed by atoms with Gasteiger partial charge in [-0.3, -0.25) is 9.48 Å². The number of amides is 1. The van der Waals surface area contributed by atoms with Gasteiger partial charge in [-0.25, -0.2) is 9.97 Å². The van der Waals surface area contributed by atoms with Crippen LogP contribution in [0.3, 0.4) is 0 Å². The number of carbonyl (C=O) groups is 1. The quantitative estimate of drug-likeness (QED) is 0.865. The van der Waals surface area contributed by atoms with E-state index in [1.807, 2.05) is 12.3 Å². The van der Waals surface area contributed by atoms with E-state index in [-0.39, 0.29) is 11.8 Å². The SMILES string of the molecule is O=C(NC1CCC(n2cc(-c3ccncn3)cn2)CC1)[C@H]1C[C@H]2CC[C@@H]1N2. The Morgan fingerprint density at radius 1 is 1.19 bits per heavy atom. The van der Waals surface area contributed by atoms with E-state index in [9.17, 15) is 4.79 Å². The second kappa shape index (κ2) is 7.03. The highest BCUT2D eigenvalue weighted by Crippen LogP contribution is 2.34. The first-order valence-corrected chi connectivity index (χ1v) is 10.1. The van der Waals surface area contributed by atoms with Crippen LogP contribution in [-0.4, -0.2) is 43.8 Å². The fraction of sp³-hybridized carbons (Fsp3) is 0.600. The van der Waals surface area contributed by atoms with Crippen molar-refractivity contribution in [2.45, 2.75) is 69.1 Å². The van der Waals surface area contributed by atoms with Crippen molar-refractivity contribution >= 4 is 5.91 Å². The molecule has 2 aromatic rings. The Labute approximate surface area is 159 Å². The van der Waals surface area contributed by atoms with Gasteiger partial charge in [-0.05, 0) is 51.0 Å². The molecule has 0 spiro atoms. The Morgan fingerprint density at radius 2 is 2.07 bits per heavy atom. The average molecular weight is 366 g/mol. The van der Waals surface area contributed by atoms with E-state index in [2.05, 4.69) is 36.6 Å². The topological polar surface area (TPSA) is 84.7 Å². The molecular weight excluding hydrogens is 340 g/mol. The normalized spacial score (nSPS) is 32.5. The third-order valence-electron chi connectivity index (χ3n) is 6.53. The molecule has 1 amide bonds. The van der Waals surface area contributed by atoms with E-state index in [0.29, 0.717) is 24.2 Å². The molecule has 3 fully saturated rings. The predicted octanol–water partition coefficient (Wildman–Crippen LogP) is 2.08. The van der Waals surface area contributed by atoms with Gasteiger partial charge in [-0.15, -0.1) is 0 Å². The minimum Gasteiger partial charge on any atom is -0.353 e. The molecule has 0 aromatic carbocycles. The molecule has 2 aliphatic heterocycles. The first-order chi connectivity index (χ1) is 13.3. The zero-order chi connectivity index (χ0) is 18.2. The van der Waals surface area contributed by atoms with Gasteiger partial charge >= 0.3 is 0 Å². The minimum atomic E-state index is 0.183. The summed E-state index contributed by atoms with van der Waals surface area (Å²) in [5, 5.41) is 11.4. The molecule has 2 aromatic heterocycles. The number of aromatic nitrogens is 4. The van der Waals surface area contributed by atoms with Crippen LogP contribution in [0.1, 0.15) is 51.0 Å². The van der Waals surface area contributed by atoms with E-state index in [4.69, 9.17) is 0 Å². The summed E-state index contributed by atoms with van der Waals surface area (Å²) in [4.78, 5) is 20.9. The first kappa shape index (κ1) is 16.9. The number of nitrogens with zero attached hydrogens (tertiary/aromatic N) is 4. The minimum absolute atomic E-state index is 0.183. The highest BCUT2D eigenvalue weighted by molar-refractivity contribution is 5.80. The van der Waals surface area contributed by atoms with Gasteiger partial charge in [-0.1, -0.05) is 0 Å². The van der Waals surface area contributed by atoms with Gasteiger partial charge in [0.25, 0.3) is 0 Å². The molecule has 1 saturated carbocycles. The van der Waals surface area contributed by atoms with Crippen molar-refractivity contribution in [2.75, 3.05) is 0 Å². The molecule has 2 bridgehead atoms. The van der Waals surface area contributed by atoms with E-state index in [1.54, 1.807) is 12.5 Å². The third kappa shape index (κ3) is 3.36. The molecule has 3 atom stereocenters. The summed E-state index contributed by atoms with van der Waals surface area (Å²) in [5.41, 5.74) is 1.92. The Bertz CT molecular complexity index is 798. The van der Waals surface area contributed by atoms with Gasteiger partial charge in [0.1, 0.15) is 6.33 Å². The Kier molecular flexibility index (Phi) is 4.39. The zero-order valence-electron chi connectivity index (χ0n) is 15.4. The molecule has 2 saturated heterocycles. The van der Waals surface area contributed by atoms with Crippen molar-refractivity contribution in [1.82, 2.24) is 30.4 Å². The Balaban J connectivity index is 1.15. The molecule has 1 aliphatic carbocycles. The van der Waals surface area contributed by atoms with Crippen molar-refractivity contribution in [3.05, 3.63) is 31.0 Å². The number of hydrogen-bond donors (Lipinski definition) is 2. The number of rotatable bonds is 4. The van der Waals surface area contributed by atoms with Crippen LogP contribution in [0.5, 0.6) is 0 Å². The molecule has 0 radical (unpaired) electrons. The summed E-state index contributed by atoms with van der Waals surface area (Å²) in [6, 6.07) is 3.60. The first-order valence-electron chi connectivity index (χ1n) is 10.1. The van der Waals surface area contributed by atoms with Crippen molar-refractivity contribution in [1.29, 1.82) is 0 Å². The van der Waals surface area contributed by atoms with E-state index in [1.165, 1.54) is 6.42 Å². The van der Waals surface area contributed by atoms with Crippen molar-refractivity contribution < 1.29 is 4.79 Å². The zero-order valence-corrected chi connectivity index (χ0v) is 15.4. The predicted molar refractivity (Wildman–Crippen MR) is 101 cm³/mol. The molecule has 7 nitrogen and oxygen atoms in total. The van der Waals surface area contributed by atoms with Crippen LogP contribution in [-0.2, 0) is 4.79 Å². The summed E-state index contributed by atoms with van der Waals surface area (Å²) in [5.74, 6) is 0.450. The second-order valence-corrected chi connectivity index (χ2v) is 8.21. The lowest BCUT2D eigenvalue weighted by atomic mass is 9.87. The van der Waals surface area contributed by atoms with Gasteiger partial charge in [0, 0.05) is 36.1 Å². The Hall–Kier alpha value is -2.28. The molecule has 0 unspecified atom stereocenters. The van der Waals surface area contributed by atoms with Crippen molar-refractivity contribution in [3.8, 4) is 11.3 Å². The fourth-order valence-corrected chi connectivity index (χ4v) is 5.04. The maximum Gasteiger partial charge on any atom is 0.224 e. The molecule has 4 heterocycles. The van der Waals surface area contributed by atoms with Gasteiger partial charge < -0.3 is 10.6 Å². The smallest absolute Gasteiger partial charge is 0.224 e. The van der Waals surface area contributed by atoms with Crippen LogP contribution >= 0.6 is 0 Å². The van der Waals surface area contributed by atoms with E-state index >= 15 is 0 Å². The maximum atomic E-state index is 12.6. The lowest BCUT2D eigenvalue weighted by molar-refractivity contribution is -0.126. The molecular formula is C20H26N6O. The molecule has 3 aliphatic rings. The molecule has 27 heavy (non-hydrogen) atoms. The number of carbonyl (C=O) groups excluding carboxylic acids is 1. The van der Waals surface area contributed by atoms with Crippen LogP contribution in [0.25, 0.3) is 11.3 Å². The number of hydrogen-bond acceptors (Lipinski definition) is 5. The van der Waals surface area contributed by atoms with Crippen LogP contribution in [0.4, 0.5) is 0 Å². The summed E-state index contributed by atoms with van der Waals surface area (Å²) in [6.45, 7) is 0. The molecule has 7 heteroatoms. The second-order valence-electron chi connectivity index (χ2n) is 8.21. The highest BCUT2D eigenvalue weighted by Gasteiger charge is 2.43. The third-order valence-corrected chi connectivity index (χ3v) is 6.53. The largest absolute Gasteiger partial charge is 0.353 e. The Morgan fingerprint density at radius 3 is 2.78 bits per heavy atom. The van der Waals surface area contributed by atoms with Crippen LogP contribution in [0.2, 0.25) is 0 Å². The van der Waals surface area contributed by atoms with Crippen LogP contribution < -0.4 is 10.6 Å². The lowest BCUT2D eigenvalue weighted by Crippen LogP contribution is -2.44. The van der Waals surface area contributed by atoms with Gasteiger partial charge in [0.2, 0.25) is 5.91 Å². The van der Waals surface area contributed by atoms with E-state index < -0.39 is 0 Å². The molecule has 142 valence electrons. The number of fused-ring (bicyclic) bond motifs is 2. The van der Waals surface area contributed by atoms with Gasteiger partial charge in [0.05, 0.1) is 23.9 Å². The van der Waals surface area contributed by atoms with Crippen molar-refractivity contribution in [2.24, 2.45) is 5.92 Å².